The minimum atomic E-state index is -0.326. The lowest BCUT2D eigenvalue weighted by molar-refractivity contribution is -0.151. The van der Waals surface area contributed by atoms with E-state index < -0.39 is 0 Å². The van der Waals surface area contributed by atoms with Crippen molar-refractivity contribution >= 4 is 5.91 Å². The summed E-state index contributed by atoms with van der Waals surface area (Å²) in [5.74, 6) is 0.638. The fourth-order valence-corrected chi connectivity index (χ4v) is 3.84. The van der Waals surface area contributed by atoms with Crippen LogP contribution < -0.4 is 5.73 Å². The van der Waals surface area contributed by atoms with Gasteiger partial charge in [-0.15, -0.1) is 0 Å². The highest BCUT2D eigenvalue weighted by molar-refractivity contribution is 5.81. The molecule has 0 unspecified atom stereocenters. The van der Waals surface area contributed by atoms with Gasteiger partial charge in [-0.3, -0.25) is 4.79 Å². The van der Waals surface area contributed by atoms with Crippen LogP contribution in [0.4, 0.5) is 0 Å². The molecule has 1 aliphatic carbocycles. The second-order valence-corrected chi connectivity index (χ2v) is 6.85. The number of piperidine rings is 1. The first-order chi connectivity index (χ1) is 10.1. The van der Waals surface area contributed by atoms with Crippen molar-refractivity contribution in [1.29, 1.82) is 0 Å². The monoisotopic (exact) mass is 296 g/mol. The molecule has 0 aromatic heterocycles. The van der Waals surface area contributed by atoms with Gasteiger partial charge in [-0.05, 0) is 38.5 Å². The normalized spacial score (nSPS) is 30.0. The van der Waals surface area contributed by atoms with Gasteiger partial charge in [0, 0.05) is 19.1 Å². The molecule has 3 atom stereocenters. The summed E-state index contributed by atoms with van der Waals surface area (Å²) < 4.78 is 6.08. The average Bonchev–Trinajstić information content (AvgIpc) is 2.74. The summed E-state index contributed by atoms with van der Waals surface area (Å²) in [7, 11) is 0. The van der Waals surface area contributed by atoms with Crippen LogP contribution in [-0.2, 0) is 9.53 Å². The van der Waals surface area contributed by atoms with Crippen LogP contribution >= 0.6 is 0 Å². The molecular formula is C17H32N2O2. The Balaban J connectivity index is 1.90. The lowest BCUT2D eigenvalue weighted by atomic mass is 9.90. The van der Waals surface area contributed by atoms with Crippen molar-refractivity contribution < 1.29 is 9.53 Å². The van der Waals surface area contributed by atoms with E-state index in [1.165, 1.54) is 32.1 Å². The number of rotatable bonds is 4. The van der Waals surface area contributed by atoms with Gasteiger partial charge in [-0.25, -0.2) is 0 Å². The number of hydrogen-bond acceptors (Lipinski definition) is 3. The SMILES string of the molecule is C[C@H](OC1CCCCCC1)C(=O)N1CCC[C@H](C)[C@@H]1CN. The Labute approximate surface area is 129 Å². The number of nitrogens with two attached hydrogens (primary N) is 1. The highest BCUT2D eigenvalue weighted by atomic mass is 16.5. The maximum absolute atomic E-state index is 12.7. The molecule has 0 bridgehead atoms. The molecular weight excluding hydrogens is 264 g/mol. The van der Waals surface area contributed by atoms with Crippen LogP contribution in [-0.4, -0.2) is 42.1 Å². The third-order valence-corrected chi connectivity index (χ3v) is 5.19. The van der Waals surface area contributed by atoms with Crippen LogP contribution in [0.5, 0.6) is 0 Å². The quantitative estimate of drug-likeness (QED) is 0.812. The molecule has 0 spiro atoms. The van der Waals surface area contributed by atoms with Gasteiger partial charge in [-0.2, -0.15) is 0 Å². The molecule has 0 aromatic rings. The predicted octanol–water partition coefficient (Wildman–Crippen LogP) is 2.70. The van der Waals surface area contributed by atoms with Crippen molar-refractivity contribution in [3.05, 3.63) is 0 Å². The average molecular weight is 296 g/mol. The molecule has 1 amide bonds. The number of carbonyl (C=O) groups excluding carboxylic acids is 1. The predicted molar refractivity (Wildman–Crippen MR) is 85.0 cm³/mol. The molecule has 2 N–H and O–H groups in total. The van der Waals surface area contributed by atoms with Crippen molar-refractivity contribution in [2.45, 2.75) is 83.5 Å². The van der Waals surface area contributed by atoms with Crippen molar-refractivity contribution in [3.63, 3.8) is 0 Å². The van der Waals surface area contributed by atoms with E-state index in [4.69, 9.17) is 10.5 Å². The number of likely N-dealkylation sites (tertiary alicyclic amines) is 1. The summed E-state index contributed by atoms with van der Waals surface area (Å²) in [5.41, 5.74) is 5.89. The van der Waals surface area contributed by atoms with Crippen LogP contribution in [0.3, 0.4) is 0 Å². The van der Waals surface area contributed by atoms with Gasteiger partial charge in [0.05, 0.1) is 6.10 Å². The van der Waals surface area contributed by atoms with Gasteiger partial charge in [-0.1, -0.05) is 32.6 Å². The second kappa shape index (κ2) is 8.14. The first-order valence-electron chi connectivity index (χ1n) is 8.79. The fraction of sp³-hybridized carbons (Fsp3) is 0.941. The maximum Gasteiger partial charge on any atom is 0.251 e. The maximum atomic E-state index is 12.7. The summed E-state index contributed by atoms with van der Waals surface area (Å²) >= 11 is 0. The van der Waals surface area contributed by atoms with Gasteiger partial charge in [0.1, 0.15) is 6.10 Å². The number of ether oxygens (including phenoxy) is 1. The van der Waals surface area contributed by atoms with E-state index in [-0.39, 0.29) is 24.2 Å². The molecule has 4 heteroatoms. The van der Waals surface area contributed by atoms with Crippen LogP contribution in [0.2, 0.25) is 0 Å². The smallest absolute Gasteiger partial charge is 0.251 e. The molecule has 0 radical (unpaired) electrons. The van der Waals surface area contributed by atoms with Gasteiger partial charge >= 0.3 is 0 Å². The Bertz CT molecular complexity index is 327. The Hall–Kier alpha value is -0.610. The number of amides is 1. The molecule has 1 saturated carbocycles. The molecule has 0 aromatic carbocycles. The molecule has 1 aliphatic heterocycles. The molecule has 2 fully saturated rings. The Kier molecular flexibility index (Phi) is 6.49. The molecule has 1 heterocycles. The van der Waals surface area contributed by atoms with Crippen molar-refractivity contribution in [2.24, 2.45) is 11.7 Å². The summed E-state index contributed by atoms with van der Waals surface area (Å²) in [6.07, 6.45) is 9.49. The second-order valence-electron chi connectivity index (χ2n) is 6.85. The Morgan fingerprint density at radius 3 is 2.48 bits per heavy atom. The zero-order valence-electron chi connectivity index (χ0n) is 13.7. The highest BCUT2D eigenvalue weighted by Gasteiger charge is 2.34. The topological polar surface area (TPSA) is 55.6 Å². The molecule has 2 aliphatic rings. The first-order valence-corrected chi connectivity index (χ1v) is 8.79. The van der Waals surface area contributed by atoms with Crippen LogP contribution in [0.15, 0.2) is 0 Å². The molecule has 21 heavy (non-hydrogen) atoms. The molecule has 2 rings (SSSR count). The van der Waals surface area contributed by atoms with Crippen molar-refractivity contribution in [3.8, 4) is 0 Å². The van der Waals surface area contributed by atoms with E-state index in [9.17, 15) is 4.79 Å². The number of nitrogens with zero attached hydrogens (tertiary/aromatic N) is 1. The standard InChI is InChI=1S/C17H32N2O2/c1-13-8-7-11-19(16(13)12-18)17(20)14(2)21-15-9-5-3-4-6-10-15/h13-16H,3-12,18H2,1-2H3/t13-,14-,16-/m0/s1. The minimum Gasteiger partial charge on any atom is -0.365 e. The van der Waals surface area contributed by atoms with Crippen LogP contribution in [0.25, 0.3) is 0 Å². The minimum absolute atomic E-state index is 0.140. The fourth-order valence-electron chi connectivity index (χ4n) is 3.84. The molecule has 122 valence electrons. The molecule has 4 nitrogen and oxygen atoms in total. The van der Waals surface area contributed by atoms with Gasteiger partial charge in [0.2, 0.25) is 0 Å². The summed E-state index contributed by atoms with van der Waals surface area (Å²) in [5, 5.41) is 0. The lowest BCUT2D eigenvalue weighted by Crippen LogP contribution is -2.54. The van der Waals surface area contributed by atoms with Gasteiger partial charge in [0.15, 0.2) is 0 Å². The Morgan fingerprint density at radius 2 is 1.86 bits per heavy atom. The largest absolute Gasteiger partial charge is 0.365 e. The van der Waals surface area contributed by atoms with Crippen LogP contribution in [0, 0.1) is 5.92 Å². The van der Waals surface area contributed by atoms with E-state index in [1.807, 2.05) is 11.8 Å². The highest BCUT2D eigenvalue weighted by Crippen LogP contribution is 2.25. The van der Waals surface area contributed by atoms with E-state index >= 15 is 0 Å². The lowest BCUT2D eigenvalue weighted by Gasteiger charge is -2.40. The van der Waals surface area contributed by atoms with E-state index in [0.717, 1.165) is 25.8 Å². The zero-order valence-corrected chi connectivity index (χ0v) is 13.7. The third kappa shape index (κ3) is 4.43. The Morgan fingerprint density at radius 1 is 1.19 bits per heavy atom. The number of carbonyl (C=O) groups is 1. The third-order valence-electron chi connectivity index (χ3n) is 5.19. The van der Waals surface area contributed by atoms with E-state index in [0.29, 0.717) is 12.5 Å². The van der Waals surface area contributed by atoms with Crippen LogP contribution in [0.1, 0.15) is 65.2 Å². The van der Waals surface area contributed by atoms with Crippen molar-refractivity contribution in [2.75, 3.05) is 13.1 Å². The van der Waals surface area contributed by atoms with E-state index in [2.05, 4.69) is 6.92 Å². The van der Waals surface area contributed by atoms with Crippen molar-refractivity contribution in [1.82, 2.24) is 4.90 Å². The zero-order chi connectivity index (χ0) is 15.2. The van der Waals surface area contributed by atoms with Gasteiger partial charge in [0.25, 0.3) is 5.91 Å². The number of hydrogen-bond donors (Lipinski definition) is 1. The summed E-state index contributed by atoms with van der Waals surface area (Å²) in [4.78, 5) is 14.7. The molecule has 1 saturated heterocycles. The summed E-state index contributed by atoms with van der Waals surface area (Å²) in [6.45, 7) is 5.51. The van der Waals surface area contributed by atoms with Gasteiger partial charge < -0.3 is 15.4 Å². The summed E-state index contributed by atoms with van der Waals surface area (Å²) in [6, 6.07) is 0.187. The van der Waals surface area contributed by atoms with E-state index in [1.54, 1.807) is 0 Å². The first kappa shape index (κ1) is 16.8.